The normalized spacial score (nSPS) is 10.5. The fourth-order valence-corrected chi connectivity index (χ4v) is 1.97. The lowest BCUT2D eigenvalue weighted by Gasteiger charge is -1.99. The molecule has 2 rings (SSSR count). The minimum atomic E-state index is -0.440. The summed E-state index contributed by atoms with van der Waals surface area (Å²) in [7, 11) is 0. The van der Waals surface area contributed by atoms with Gasteiger partial charge in [-0.3, -0.25) is 4.79 Å². The zero-order chi connectivity index (χ0) is 11.0. The van der Waals surface area contributed by atoms with Crippen LogP contribution in [-0.2, 0) is 0 Å². The average Bonchev–Trinajstić information content (AvgIpc) is 2.62. The van der Waals surface area contributed by atoms with Crippen LogP contribution in [0.4, 0.5) is 0 Å². The molecule has 0 bridgehead atoms. The molecule has 0 aliphatic heterocycles. The lowest BCUT2D eigenvalue weighted by Crippen LogP contribution is -2.11. The number of carbonyl (C=O) groups is 1. The molecular weight excluding hydrogens is 256 g/mol. The van der Waals surface area contributed by atoms with Gasteiger partial charge in [-0.15, -0.1) is 0 Å². The number of H-pyrrole nitrogens is 1. The number of aromatic amines is 1. The highest BCUT2D eigenvalue weighted by atomic mass is 79.9. The first-order valence-corrected chi connectivity index (χ1v) is 5.16. The minimum absolute atomic E-state index is 0.440. The van der Waals surface area contributed by atoms with E-state index in [2.05, 4.69) is 27.5 Å². The van der Waals surface area contributed by atoms with Gasteiger partial charge >= 0.3 is 0 Å². The number of carbonyl (C=O) groups excluding carboxylic acids is 1. The molecule has 0 unspecified atom stereocenters. The summed E-state index contributed by atoms with van der Waals surface area (Å²) in [5.74, 6) is -0.440. The molecule has 0 spiro atoms. The SMILES string of the molecule is C=Cc1cc2c(Br)ccc(C(N)=O)c2[nH]1. The van der Waals surface area contributed by atoms with Crippen LogP contribution in [0.3, 0.4) is 0 Å². The van der Waals surface area contributed by atoms with Crippen LogP contribution >= 0.6 is 15.9 Å². The maximum Gasteiger partial charge on any atom is 0.250 e. The van der Waals surface area contributed by atoms with E-state index < -0.39 is 5.91 Å². The third-order valence-corrected chi connectivity index (χ3v) is 2.94. The molecule has 2 aromatic rings. The third kappa shape index (κ3) is 1.57. The van der Waals surface area contributed by atoms with Gasteiger partial charge in [0.25, 0.3) is 5.91 Å². The van der Waals surface area contributed by atoms with Gasteiger partial charge in [-0.2, -0.15) is 0 Å². The summed E-state index contributed by atoms with van der Waals surface area (Å²) in [6.07, 6.45) is 1.69. The van der Waals surface area contributed by atoms with Crippen molar-refractivity contribution >= 4 is 38.8 Å². The highest BCUT2D eigenvalue weighted by Crippen LogP contribution is 2.27. The number of aromatic nitrogens is 1. The quantitative estimate of drug-likeness (QED) is 0.861. The zero-order valence-corrected chi connectivity index (χ0v) is 9.47. The second-order valence-corrected chi connectivity index (χ2v) is 4.03. The van der Waals surface area contributed by atoms with Gasteiger partial charge in [0.15, 0.2) is 0 Å². The van der Waals surface area contributed by atoms with E-state index in [1.54, 1.807) is 12.1 Å². The van der Waals surface area contributed by atoms with Gasteiger partial charge in [-0.25, -0.2) is 0 Å². The van der Waals surface area contributed by atoms with Crippen molar-refractivity contribution in [2.75, 3.05) is 0 Å². The monoisotopic (exact) mass is 264 g/mol. The third-order valence-electron chi connectivity index (χ3n) is 2.25. The molecule has 15 heavy (non-hydrogen) atoms. The predicted octanol–water partition coefficient (Wildman–Crippen LogP) is 2.67. The molecule has 0 aliphatic carbocycles. The zero-order valence-electron chi connectivity index (χ0n) is 7.88. The van der Waals surface area contributed by atoms with Gasteiger partial charge in [0.2, 0.25) is 0 Å². The molecule has 0 aliphatic rings. The first-order chi connectivity index (χ1) is 7.13. The molecule has 1 amide bonds. The molecule has 1 aromatic heterocycles. The maximum atomic E-state index is 11.2. The average molecular weight is 265 g/mol. The van der Waals surface area contributed by atoms with Gasteiger partial charge in [-0.1, -0.05) is 22.5 Å². The van der Waals surface area contributed by atoms with Crippen LogP contribution in [0.15, 0.2) is 29.3 Å². The molecule has 1 heterocycles. The van der Waals surface area contributed by atoms with Crippen molar-refractivity contribution in [1.29, 1.82) is 0 Å². The van der Waals surface area contributed by atoms with Crippen molar-refractivity contribution in [2.24, 2.45) is 5.73 Å². The molecule has 3 N–H and O–H groups in total. The lowest BCUT2D eigenvalue weighted by molar-refractivity contribution is 0.100. The van der Waals surface area contributed by atoms with Gasteiger partial charge in [0, 0.05) is 15.6 Å². The molecule has 0 saturated heterocycles. The number of rotatable bonds is 2. The summed E-state index contributed by atoms with van der Waals surface area (Å²) in [6, 6.07) is 5.42. The van der Waals surface area contributed by atoms with Crippen LogP contribution in [0.5, 0.6) is 0 Å². The number of fused-ring (bicyclic) bond motifs is 1. The van der Waals surface area contributed by atoms with Gasteiger partial charge in [0.1, 0.15) is 0 Å². The molecule has 1 aromatic carbocycles. The Morgan fingerprint density at radius 2 is 2.27 bits per heavy atom. The molecule has 76 valence electrons. The standard InChI is InChI=1S/C11H9BrN2O/c1-2-6-5-8-9(12)4-3-7(11(13)15)10(8)14-6/h2-5,14H,1H2,(H2,13,15). The van der Waals surface area contributed by atoms with E-state index in [0.717, 1.165) is 21.1 Å². The first kappa shape index (κ1) is 9.98. The highest BCUT2D eigenvalue weighted by Gasteiger charge is 2.10. The fourth-order valence-electron chi connectivity index (χ4n) is 1.52. The van der Waals surface area contributed by atoms with E-state index in [1.165, 1.54) is 0 Å². The Labute approximate surface area is 95.1 Å². The molecule has 0 fully saturated rings. The van der Waals surface area contributed by atoms with Crippen LogP contribution in [0.2, 0.25) is 0 Å². The van der Waals surface area contributed by atoms with Crippen LogP contribution < -0.4 is 5.73 Å². The number of nitrogens with one attached hydrogen (secondary N) is 1. The van der Waals surface area contributed by atoms with Crippen molar-refractivity contribution in [2.45, 2.75) is 0 Å². The topological polar surface area (TPSA) is 58.9 Å². The summed E-state index contributed by atoms with van der Waals surface area (Å²) in [4.78, 5) is 14.3. The Hall–Kier alpha value is -1.55. The van der Waals surface area contributed by atoms with E-state index in [1.807, 2.05) is 12.1 Å². The Kier molecular flexibility index (Phi) is 2.36. The Balaban J connectivity index is 2.85. The molecule has 0 radical (unpaired) electrons. The number of primary amides is 1. The summed E-state index contributed by atoms with van der Waals surface area (Å²) < 4.78 is 0.923. The fraction of sp³-hybridized carbons (Fsp3) is 0. The van der Waals surface area contributed by atoms with Gasteiger partial charge in [-0.05, 0) is 24.3 Å². The molecular formula is C11H9BrN2O. The Morgan fingerprint density at radius 1 is 1.53 bits per heavy atom. The molecule has 0 atom stereocenters. The number of benzene rings is 1. The van der Waals surface area contributed by atoms with Crippen LogP contribution in [0.1, 0.15) is 16.1 Å². The second kappa shape index (κ2) is 3.55. The number of halogens is 1. The number of nitrogens with two attached hydrogens (primary N) is 1. The number of amides is 1. The maximum absolute atomic E-state index is 11.2. The summed E-state index contributed by atoms with van der Waals surface area (Å²) in [5.41, 5.74) is 7.37. The Bertz CT molecular complexity index is 557. The van der Waals surface area contributed by atoms with E-state index >= 15 is 0 Å². The van der Waals surface area contributed by atoms with Gasteiger partial charge in [0.05, 0.1) is 11.1 Å². The summed E-state index contributed by atoms with van der Waals surface area (Å²) in [6.45, 7) is 3.67. The molecule has 4 heteroatoms. The van der Waals surface area contributed by atoms with Crippen molar-refractivity contribution in [1.82, 2.24) is 4.98 Å². The van der Waals surface area contributed by atoms with Crippen molar-refractivity contribution < 1.29 is 4.79 Å². The van der Waals surface area contributed by atoms with E-state index in [0.29, 0.717) is 5.56 Å². The van der Waals surface area contributed by atoms with Crippen molar-refractivity contribution in [3.63, 3.8) is 0 Å². The Morgan fingerprint density at radius 3 is 2.87 bits per heavy atom. The molecule has 3 nitrogen and oxygen atoms in total. The number of hydrogen-bond acceptors (Lipinski definition) is 1. The van der Waals surface area contributed by atoms with Crippen molar-refractivity contribution in [3.05, 3.63) is 40.5 Å². The van der Waals surface area contributed by atoms with Crippen molar-refractivity contribution in [3.8, 4) is 0 Å². The van der Waals surface area contributed by atoms with E-state index in [-0.39, 0.29) is 0 Å². The smallest absolute Gasteiger partial charge is 0.250 e. The first-order valence-electron chi connectivity index (χ1n) is 4.37. The second-order valence-electron chi connectivity index (χ2n) is 3.18. The summed E-state index contributed by atoms with van der Waals surface area (Å²) in [5, 5.41) is 0.932. The minimum Gasteiger partial charge on any atom is -0.366 e. The number of hydrogen-bond donors (Lipinski definition) is 2. The van der Waals surface area contributed by atoms with Crippen LogP contribution in [0, 0.1) is 0 Å². The molecule has 0 saturated carbocycles. The summed E-state index contributed by atoms with van der Waals surface area (Å²) >= 11 is 3.42. The largest absolute Gasteiger partial charge is 0.366 e. The lowest BCUT2D eigenvalue weighted by atomic mass is 10.1. The highest BCUT2D eigenvalue weighted by molar-refractivity contribution is 9.10. The van der Waals surface area contributed by atoms with Gasteiger partial charge < -0.3 is 10.7 Å². The van der Waals surface area contributed by atoms with E-state index in [9.17, 15) is 4.79 Å². The predicted molar refractivity (Wildman–Crippen MR) is 64.6 cm³/mol. The van der Waals surface area contributed by atoms with Crippen LogP contribution in [-0.4, -0.2) is 10.9 Å². The van der Waals surface area contributed by atoms with Crippen LogP contribution in [0.25, 0.3) is 17.0 Å². The van der Waals surface area contributed by atoms with E-state index in [4.69, 9.17) is 5.73 Å².